The fourth-order valence-corrected chi connectivity index (χ4v) is 5.64. The molecule has 2 aromatic carbocycles. The normalized spacial score (nSPS) is 16.1. The zero-order valence-electron chi connectivity index (χ0n) is 27.9. The standard InChI is InChI=1S/C34H42N6O11/c1-19(41)36-23(13-14-28(43)44)31(48)37-24(16-20-6-3-2-4-7-20)32(49)38-25(17-21-9-11-22(42)12-10-21)33(50)39-26(18-29(45)46)34(51)40-15-5-8-27(40)30(35)47/h2-4,6-7,9-12,23-27,42H,5,8,13-18H2,1H3,(H2,35,47)(H,36,41)(H,37,48)(H,38,49)(H,39,50)(H,43,44)(H,45,46). The molecule has 274 valence electrons. The van der Waals surface area contributed by atoms with Crippen LogP contribution in [0.15, 0.2) is 54.6 Å². The molecule has 1 aliphatic heterocycles. The number of rotatable bonds is 18. The number of primary amides is 1. The van der Waals surface area contributed by atoms with Crippen molar-refractivity contribution >= 4 is 47.4 Å². The average molecular weight is 711 g/mol. The Bertz CT molecular complexity index is 1600. The molecule has 51 heavy (non-hydrogen) atoms. The van der Waals surface area contributed by atoms with Crippen molar-refractivity contribution in [3.05, 3.63) is 65.7 Å². The molecule has 9 N–H and O–H groups in total. The van der Waals surface area contributed by atoms with Gasteiger partial charge < -0.3 is 47.2 Å². The molecule has 3 rings (SSSR count). The molecule has 5 unspecified atom stereocenters. The van der Waals surface area contributed by atoms with Gasteiger partial charge in [-0.2, -0.15) is 0 Å². The van der Waals surface area contributed by atoms with Crippen LogP contribution in [0.25, 0.3) is 0 Å². The summed E-state index contributed by atoms with van der Waals surface area (Å²) in [6, 6.07) is 7.37. The van der Waals surface area contributed by atoms with Gasteiger partial charge in [-0.1, -0.05) is 42.5 Å². The van der Waals surface area contributed by atoms with E-state index >= 15 is 0 Å². The Balaban J connectivity index is 1.93. The molecule has 1 aliphatic rings. The van der Waals surface area contributed by atoms with Crippen LogP contribution in [0.5, 0.6) is 5.75 Å². The van der Waals surface area contributed by atoms with E-state index in [1.807, 2.05) is 0 Å². The monoisotopic (exact) mass is 710 g/mol. The number of hydrogen-bond donors (Lipinski definition) is 8. The summed E-state index contributed by atoms with van der Waals surface area (Å²) >= 11 is 0. The summed E-state index contributed by atoms with van der Waals surface area (Å²) in [6.07, 6.45) is -1.20. The fourth-order valence-electron chi connectivity index (χ4n) is 5.64. The third kappa shape index (κ3) is 12.4. The summed E-state index contributed by atoms with van der Waals surface area (Å²) in [5.74, 6) is -7.66. The molecule has 0 bridgehead atoms. The Labute approximate surface area is 292 Å². The predicted molar refractivity (Wildman–Crippen MR) is 178 cm³/mol. The molecule has 1 fully saturated rings. The Morgan fingerprint density at radius 3 is 1.78 bits per heavy atom. The van der Waals surface area contributed by atoms with Crippen molar-refractivity contribution in [3.63, 3.8) is 0 Å². The molecule has 2 aromatic rings. The van der Waals surface area contributed by atoms with E-state index in [1.165, 1.54) is 24.3 Å². The van der Waals surface area contributed by atoms with Gasteiger partial charge in [0.2, 0.25) is 35.4 Å². The van der Waals surface area contributed by atoms with Gasteiger partial charge in [0.05, 0.1) is 6.42 Å². The number of hydrogen-bond acceptors (Lipinski definition) is 9. The summed E-state index contributed by atoms with van der Waals surface area (Å²) < 4.78 is 0. The maximum absolute atomic E-state index is 13.9. The molecule has 17 heteroatoms. The summed E-state index contributed by atoms with van der Waals surface area (Å²) in [5.41, 5.74) is 6.49. The smallest absolute Gasteiger partial charge is 0.305 e. The first-order valence-corrected chi connectivity index (χ1v) is 16.2. The third-order valence-corrected chi connectivity index (χ3v) is 8.12. The highest BCUT2D eigenvalue weighted by molar-refractivity contribution is 5.97. The Morgan fingerprint density at radius 1 is 0.745 bits per heavy atom. The zero-order chi connectivity index (χ0) is 37.7. The van der Waals surface area contributed by atoms with Gasteiger partial charge in [-0.25, -0.2) is 0 Å². The van der Waals surface area contributed by atoms with Crippen molar-refractivity contribution in [3.8, 4) is 5.75 Å². The van der Waals surface area contributed by atoms with Crippen molar-refractivity contribution in [2.45, 2.75) is 82.1 Å². The lowest BCUT2D eigenvalue weighted by Gasteiger charge is -2.29. The number of aromatic hydroxyl groups is 1. The summed E-state index contributed by atoms with van der Waals surface area (Å²) in [7, 11) is 0. The number of carboxylic acid groups (broad SMARTS) is 2. The second-order valence-electron chi connectivity index (χ2n) is 12.1. The quantitative estimate of drug-likeness (QED) is 0.0925. The Hall–Kier alpha value is -6.00. The number of carbonyl (C=O) groups is 8. The van der Waals surface area contributed by atoms with Crippen molar-refractivity contribution in [1.82, 2.24) is 26.2 Å². The van der Waals surface area contributed by atoms with Crippen molar-refractivity contribution in [2.24, 2.45) is 5.73 Å². The van der Waals surface area contributed by atoms with E-state index in [0.717, 1.165) is 11.8 Å². The van der Waals surface area contributed by atoms with Crippen LogP contribution in [0.3, 0.4) is 0 Å². The van der Waals surface area contributed by atoms with Crippen LogP contribution in [0.4, 0.5) is 0 Å². The molecular weight excluding hydrogens is 668 g/mol. The average Bonchev–Trinajstić information content (AvgIpc) is 3.57. The van der Waals surface area contributed by atoms with Gasteiger partial charge in [-0.05, 0) is 42.5 Å². The molecule has 17 nitrogen and oxygen atoms in total. The van der Waals surface area contributed by atoms with E-state index in [0.29, 0.717) is 17.5 Å². The third-order valence-electron chi connectivity index (χ3n) is 8.12. The molecule has 0 radical (unpaired) electrons. The number of likely N-dealkylation sites (tertiary alicyclic amines) is 1. The molecule has 1 heterocycles. The lowest BCUT2D eigenvalue weighted by molar-refractivity contribution is -0.145. The number of carbonyl (C=O) groups excluding carboxylic acids is 6. The van der Waals surface area contributed by atoms with E-state index in [4.69, 9.17) is 10.8 Å². The van der Waals surface area contributed by atoms with E-state index in [9.17, 15) is 48.6 Å². The van der Waals surface area contributed by atoms with Gasteiger partial charge in [-0.15, -0.1) is 0 Å². The van der Waals surface area contributed by atoms with Crippen molar-refractivity contribution in [2.75, 3.05) is 6.54 Å². The molecule has 0 saturated carbocycles. The lowest BCUT2D eigenvalue weighted by Crippen LogP contribution is -2.60. The highest BCUT2D eigenvalue weighted by Gasteiger charge is 2.39. The molecular formula is C34H42N6O11. The van der Waals surface area contributed by atoms with Crippen LogP contribution < -0.4 is 27.0 Å². The minimum absolute atomic E-state index is 0.0761. The molecule has 1 saturated heterocycles. The molecule has 0 aliphatic carbocycles. The maximum Gasteiger partial charge on any atom is 0.305 e. The fraction of sp³-hybridized carbons (Fsp3) is 0.412. The largest absolute Gasteiger partial charge is 0.508 e. The van der Waals surface area contributed by atoms with Gasteiger partial charge in [0.1, 0.15) is 36.0 Å². The number of phenolic OH excluding ortho intramolecular Hbond substituents is 1. The van der Waals surface area contributed by atoms with Gasteiger partial charge >= 0.3 is 11.9 Å². The van der Waals surface area contributed by atoms with Crippen LogP contribution in [0, 0.1) is 0 Å². The highest BCUT2D eigenvalue weighted by atomic mass is 16.4. The molecule has 5 atom stereocenters. The minimum Gasteiger partial charge on any atom is -0.508 e. The van der Waals surface area contributed by atoms with E-state index in [-0.39, 0.29) is 38.0 Å². The number of aliphatic carboxylic acids is 2. The first-order valence-electron chi connectivity index (χ1n) is 16.2. The van der Waals surface area contributed by atoms with E-state index < -0.39 is 90.4 Å². The second kappa shape index (κ2) is 18.7. The number of phenols is 1. The van der Waals surface area contributed by atoms with Crippen LogP contribution in [0.1, 0.15) is 50.2 Å². The Morgan fingerprint density at radius 2 is 1.27 bits per heavy atom. The van der Waals surface area contributed by atoms with E-state index in [2.05, 4.69) is 21.3 Å². The SMILES string of the molecule is CC(=O)NC(CCC(=O)O)C(=O)NC(Cc1ccccc1)C(=O)NC(Cc1ccc(O)cc1)C(=O)NC(CC(=O)O)C(=O)N1CCCC1C(N)=O. The number of nitrogens with one attached hydrogen (secondary N) is 4. The van der Waals surface area contributed by atoms with Crippen LogP contribution in [-0.4, -0.2) is 104 Å². The number of benzene rings is 2. The first-order chi connectivity index (χ1) is 24.1. The number of carboxylic acids is 2. The summed E-state index contributed by atoms with van der Waals surface area (Å²) in [6.45, 7) is 1.25. The number of amides is 6. The summed E-state index contributed by atoms with van der Waals surface area (Å²) in [5, 5.41) is 38.4. The lowest BCUT2D eigenvalue weighted by atomic mass is 10.0. The molecule has 0 spiro atoms. The molecule has 0 aromatic heterocycles. The number of nitrogens with zero attached hydrogens (tertiary/aromatic N) is 1. The Kier molecular flexibility index (Phi) is 14.4. The van der Waals surface area contributed by atoms with Crippen LogP contribution >= 0.6 is 0 Å². The maximum atomic E-state index is 13.9. The first kappa shape index (κ1) is 39.4. The van der Waals surface area contributed by atoms with E-state index in [1.54, 1.807) is 30.3 Å². The zero-order valence-corrected chi connectivity index (χ0v) is 27.9. The van der Waals surface area contributed by atoms with Gasteiger partial charge in [0, 0.05) is 32.7 Å². The van der Waals surface area contributed by atoms with Crippen LogP contribution in [-0.2, 0) is 51.2 Å². The molecule has 6 amide bonds. The van der Waals surface area contributed by atoms with Crippen molar-refractivity contribution < 1.29 is 53.7 Å². The predicted octanol–water partition coefficient (Wildman–Crippen LogP) is -1.05. The van der Waals surface area contributed by atoms with Gasteiger partial charge in [-0.3, -0.25) is 38.4 Å². The van der Waals surface area contributed by atoms with Gasteiger partial charge in [0.25, 0.3) is 0 Å². The second-order valence-corrected chi connectivity index (χ2v) is 12.1. The van der Waals surface area contributed by atoms with Crippen molar-refractivity contribution in [1.29, 1.82) is 0 Å². The van der Waals surface area contributed by atoms with Gasteiger partial charge in [0.15, 0.2) is 0 Å². The summed E-state index contributed by atoms with van der Waals surface area (Å²) in [4.78, 5) is 102. The number of nitrogens with two attached hydrogens (primary N) is 1. The van der Waals surface area contributed by atoms with Crippen LogP contribution in [0.2, 0.25) is 0 Å². The topological polar surface area (TPSA) is 275 Å². The highest BCUT2D eigenvalue weighted by Crippen LogP contribution is 2.19. The minimum atomic E-state index is -1.64.